The molecule has 0 aliphatic carbocycles. The molecule has 1 amide bonds. The molecule has 4 nitrogen and oxygen atoms in total. The van der Waals surface area contributed by atoms with Gasteiger partial charge >= 0.3 is 0 Å². The standard InChI is InChI=1S/C19H22ClN3O/c20-16-10-14(18-6-1-2-7-22-18)9-15(11-16)19(24)23-17-5-3-4-13(8-17)12-21/h3-5,8-11,18,22H,1-2,6-7,12,21H2,(H,23,24)/t18-/m1/s1. The highest BCUT2D eigenvalue weighted by molar-refractivity contribution is 6.31. The van der Waals surface area contributed by atoms with E-state index in [9.17, 15) is 4.79 Å². The highest BCUT2D eigenvalue weighted by Crippen LogP contribution is 2.27. The second-order valence-electron chi connectivity index (χ2n) is 6.13. The monoisotopic (exact) mass is 343 g/mol. The number of halogens is 1. The molecule has 126 valence electrons. The zero-order valence-corrected chi connectivity index (χ0v) is 14.3. The van der Waals surface area contributed by atoms with Crippen molar-refractivity contribution < 1.29 is 4.79 Å². The average molecular weight is 344 g/mol. The highest BCUT2D eigenvalue weighted by Gasteiger charge is 2.17. The van der Waals surface area contributed by atoms with Crippen molar-refractivity contribution in [3.05, 3.63) is 64.2 Å². The van der Waals surface area contributed by atoms with Crippen molar-refractivity contribution in [2.24, 2.45) is 5.73 Å². The summed E-state index contributed by atoms with van der Waals surface area (Å²) >= 11 is 6.24. The second kappa shape index (κ2) is 7.79. The van der Waals surface area contributed by atoms with Crippen LogP contribution in [0.5, 0.6) is 0 Å². The lowest BCUT2D eigenvalue weighted by molar-refractivity contribution is 0.102. The average Bonchev–Trinajstić information content (AvgIpc) is 2.62. The van der Waals surface area contributed by atoms with Gasteiger partial charge < -0.3 is 16.4 Å². The van der Waals surface area contributed by atoms with Gasteiger partial charge in [0.2, 0.25) is 0 Å². The maximum Gasteiger partial charge on any atom is 0.255 e. The van der Waals surface area contributed by atoms with Gasteiger partial charge in [0, 0.05) is 28.9 Å². The zero-order valence-electron chi connectivity index (χ0n) is 13.5. The Balaban J connectivity index is 1.79. The van der Waals surface area contributed by atoms with Crippen molar-refractivity contribution in [3.8, 4) is 0 Å². The fourth-order valence-electron chi connectivity index (χ4n) is 3.06. The van der Waals surface area contributed by atoms with Crippen LogP contribution in [-0.4, -0.2) is 12.5 Å². The molecule has 0 saturated carbocycles. The van der Waals surface area contributed by atoms with E-state index in [1.165, 1.54) is 12.8 Å². The number of nitrogens with two attached hydrogens (primary N) is 1. The quantitative estimate of drug-likeness (QED) is 0.789. The molecule has 24 heavy (non-hydrogen) atoms. The van der Waals surface area contributed by atoms with Crippen LogP contribution in [0.15, 0.2) is 42.5 Å². The third-order valence-corrected chi connectivity index (χ3v) is 4.53. The molecule has 1 aliphatic rings. The van der Waals surface area contributed by atoms with E-state index in [1.807, 2.05) is 36.4 Å². The highest BCUT2D eigenvalue weighted by atomic mass is 35.5. The topological polar surface area (TPSA) is 67.1 Å². The van der Waals surface area contributed by atoms with Crippen molar-refractivity contribution in [1.82, 2.24) is 5.32 Å². The minimum Gasteiger partial charge on any atom is -0.326 e. The van der Waals surface area contributed by atoms with Gasteiger partial charge in [0.15, 0.2) is 0 Å². The SMILES string of the molecule is NCc1cccc(NC(=O)c2cc(Cl)cc([C@H]3CCCCN3)c2)c1. The fraction of sp³-hybridized carbons (Fsp3) is 0.316. The van der Waals surface area contributed by atoms with E-state index in [0.29, 0.717) is 17.1 Å². The van der Waals surface area contributed by atoms with Crippen molar-refractivity contribution in [3.63, 3.8) is 0 Å². The van der Waals surface area contributed by atoms with Gasteiger partial charge in [-0.1, -0.05) is 30.2 Å². The summed E-state index contributed by atoms with van der Waals surface area (Å²) in [6.45, 7) is 1.45. The third kappa shape index (κ3) is 4.15. The normalized spacial score (nSPS) is 17.5. The number of hydrogen-bond acceptors (Lipinski definition) is 3. The number of nitrogens with one attached hydrogen (secondary N) is 2. The number of anilines is 1. The summed E-state index contributed by atoms with van der Waals surface area (Å²) in [6, 6.07) is 13.4. The molecule has 3 rings (SSSR count). The van der Waals surface area contributed by atoms with Crippen LogP contribution >= 0.6 is 11.6 Å². The maximum absolute atomic E-state index is 12.6. The number of piperidine rings is 1. The molecule has 1 fully saturated rings. The van der Waals surface area contributed by atoms with Crippen LogP contribution in [0, 0.1) is 0 Å². The number of carbonyl (C=O) groups excluding carboxylic acids is 1. The third-order valence-electron chi connectivity index (χ3n) is 4.32. The first-order valence-electron chi connectivity index (χ1n) is 8.30. The molecule has 5 heteroatoms. The van der Waals surface area contributed by atoms with Gasteiger partial charge in [-0.05, 0) is 60.8 Å². The predicted octanol–water partition coefficient (Wildman–Crippen LogP) is 3.87. The molecule has 1 aliphatic heterocycles. The van der Waals surface area contributed by atoms with Gasteiger partial charge in [-0.2, -0.15) is 0 Å². The molecule has 0 bridgehead atoms. The summed E-state index contributed by atoms with van der Waals surface area (Å²) in [7, 11) is 0. The first kappa shape index (κ1) is 17.0. The Morgan fingerprint density at radius 3 is 2.88 bits per heavy atom. The van der Waals surface area contributed by atoms with Crippen LogP contribution in [-0.2, 0) is 6.54 Å². The lowest BCUT2D eigenvalue weighted by Gasteiger charge is -2.24. The summed E-state index contributed by atoms with van der Waals surface area (Å²) in [6.07, 6.45) is 3.46. The van der Waals surface area contributed by atoms with Gasteiger partial charge in [0.25, 0.3) is 5.91 Å². The summed E-state index contributed by atoms with van der Waals surface area (Å²) < 4.78 is 0. The van der Waals surface area contributed by atoms with Crippen LogP contribution in [0.25, 0.3) is 0 Å². The summed E-state index contributed by atoms with van der Waals surface area (Å²) in [4.78, 5) is 12.6. The van der Waals surface area contributed by atoms with Crippen molar-refractivity contribution in [1.29, 1.82) is 0 Å². The smallest absolute Gasteiger partial charge is 0.255 e. The molecule has 0 spiro atoms. The van der Waals surface area contributed by atoms with Crippen molar-refractivity contribution in [2.75, 3.05) is 11.9 Å². The van der Waals surface area contributed by atoms with E-state index in [4.69, 9.17) is 17.3 Å². The Labute approximate surface area is 147 Å². The van der Waals surface area contributed by atoms with E-state index in [1.54, 1.807) is 6.07 Å². The lowest BCUT2D eigenvalue weighted by atomic mass is 9.96. The Kier molecular flexibility index (Phi) is 5.51. The van der Waals surface area contributed by atoms with E-state index >= 15 is 0 Å². The lowest BCUT2D eigenvalue weighted by Crippen LogP contribution is -2.27. The molecule has 2 aromatic carbocycles. The summed E-state index contributed by atoms with van der Waals surface area (Å²) in [5, 5.41) is 6.99. The van der Waals surface area contributed by atoms with Crippen LogP contribution in [0.4, 0.5) is 5.69 Å². The van der Waals surface area contributed by atoms with Gasteiger partial charge in [-0.25, -0.2) is 0 Å². The predicted molar refractivity (Wildman–Crippen MR) is 98.3 cm³/mol. The molecule has 1 atom stereocenters. The van der Waals surface area contributed by atoms with Gasteiger partial charge in [0.1, 0.15) is 0 Å². The van der Waals surface area contributed by atoms with Crippen molar-refractivity contribution >= 4 is 23.2 Å². The molecule has 1 saturated heterocycles. The molecule has 4 N–H and O–H groups in total. The Hall–Kier alpha value is -1.88. The van der Waals surface area contributed by atoms with Crippen LogP contribution in [0.3, 0.4) is 0 Å². The minimum absolute atomic E-state index is 0.163. The number of carbonyl (C=O) groups is 1. The molecule has 0 unspecified atom stereocenters. The summed E-state index contributed by atoms with van der Waals surface area (Å²) in [5.41, 5.74) is 9.00. The van der Waals surface area contributed by atoms with E-state index in [2.05, 4.69) is 10.6 Å². The largest absolute Gasteiger partial charge is 0.326 e. The Bertz CT molecular complexity index is 726. The maximum atomic E-state index is 12.6. The first-order valence-corrected chi connectivity index (χ1v) is 8.68. The van der Waals surface area contributed by atoms with Crippen molar-refractivity contribution in [2.45, 2.75) is 31.8 Å². The molecule has 2 aromatic rings. The number of rotatable bonds is 4. The first-order chi connectivity index (χ1) is 11.7. The summed E-state index contributed by atoms with van der Waals surface area (Å²) in [5.74, 6) is -0.163. The van der Waals surface area contributed by atoms with E-state index < -0.39 is 0 Å². The van der Waals surface area contributed by atoms with E-state index in [-0.39, 0.29) is 11.9 Å². The molecular weight excluding hydrogens is 322 g/mol. The molecule has 0 aromatic heterocycles. The number of amides is 1. The molecular formula is C19H22ClN3O. The van der Waals surface area contributed by atoms with Crippen LogP contribution in [0.1, 0.15) is 46.8 Å². The molecule has 1 heterocycles. The fourth-order valence-corrected chi connectivity index (χ4v) is 3.30. The van der Waals surface area contributed by atoms with Gasteiger partial charge in [0.05, 0.1) is 0 Å². The molecule has 0 radical (unpaired) electrons. The van der Waals surface area contributed by atoms with Gasteiger partial charge in [-0.3, -0.25) is 4.79 Å². The Morgan fingerprint density at radius 1 is 1.25 bits per heavy atom. The van der Waals surface area contributed by atoms with E-state index in [0.717, 1.165) is 29.8 Å². The number of hydrogen-bond donors (Lipinski definition) is 3. The van der Waals surface area contributed by atoms with Crippen LogP contribution < -0.4 is 16.4 Å². The minimum atomic E-state index is -0.163. The van der Waals surface area contributed by atoms with Crippen LogP contribution in [0.2, 0.25) is 5.02 Å². The zero-order chi connectivity index (χ0) is 16.9. The Morgan fingerprint density at radius 2 is 2.12 bits per heavy atom. The number of benzene rings is 2. The second-order valence-corrected chi connectivity index (χ2v) is 6.57. The van der Waals surface area contributed by atoms with Gasteiger partial charge in [-0.15, -0.1) is 0 Å².